The van der Waals surface area contributed by atoms with Crippen molar-refractivity contribution in [3.8, 4) is 11.5 Å². The quantitative estimate of drug-likeness (QED) is 0.635. The number of hydrogen-bond donors (Lipinski definition) is 1. The summed E-state index contributed by atoms with van der Waals surface area (Å²) in [6, 6.07) is 5.98. The second kappa shape index (κ2) is 10.5. The van der Waals surface area contributed by atoms with Crippen LogP contribution in [0, 0.1) is 13.8 Å². The van der Waals surface area contributed by atoms with Crippen molar-refractivity contribution in [1.29, 1.82) is 0 Å². The van der Waals surface area contributed by atoms with Crippen LogP contribution in [0.1, 0.15) is 81.5 Å². The summed E-state index contributed by atoms with van der Waals surface area (Å²) in [4.78, 5) is 33.0. The van der Waals surface area contributed by atoms with E-state index in [1.165, 1.54) is 30.4 Å². The number of nitrogens with one attached hydrogen (secondary N) is 1. The number of aryl methyl sites for hydroxylation is 2. The summed E-state index contributed by atoms with van der Waals surface area (Å²) >= 11 is 0. The number of aromatic nitrogens is 1. The van der Waals surface area contributed by atoms with Gasteiger partial charge in [-0.2, -0.15) is 0 Å². The molecule has 0 saturated heterocycles. The number of benzene rings is 1. The molecule has 2 amide bonds. The van der Waals surface area contributed by atoms with Crippen molar-refractivity contribution in [3.05, 3.63) is 41.3 Å². The lowest BCUT2D eigenvalue weighted by Crippen LogP contribution is -2.54. The second-order valence-electron chi connectivity index (χ2n) is 9.88. The fraction of sp³-hybridized carbons (Fsp3) is 0.593. The third-order valence-corrected chi connectivity index (χ3v) is 7.39. The normalized spacial score (nSPS) is 18.3. The van der Waals surface area contributed by atoms with Crippen LogP contribution in [0.5, 0.6) is 0 Å². The van der Waals surface area contributed by atoms with E-state index in [1.54, 1.807) is 6.26 Å². The van der Waals surface area contributed by atoms with Crippen molar-refractivity contribution in [2.24, 2.45) is 0 Å². The van der Waals surface area contributed by atoms with E-state index in [4.69, 9.17) is 4.42 Å². The van der Waals surface area contributed by atoms with Gasteiger partial charge in [-0.15, -0.1) is 0 Å². The molecule has 33 heavy (non-hydrogen) atoms. The maximum atomic E-state index is 13.5. The number of rotatable bonds is 7. The van der Waals surface area contributed by atoms with Crippen molar-refractivity contribution in [2.45, 2.75) is 103 Å². The maximum Gasteiger partial charge on any atom is 0.242 e. The summed E-state index contributed by atoms with van der Waals surface area (Å²) in [5.41, 5.74) is 3.91. The van der Waals surface area contributed by atoms with Crippen LogP contribution in [0.4, 0.5) is 0 Å². The average Bonchev–Trinajstić information content (AvgIpc) is 3.49. The molecule has 1 N–H and O–H groups in total. The molecule has 2 aliphatic rings. The zero-order valence-corrected chi connectivity index (χ0v) is 20.2. The average molecular weight is 452 g/mol. The number of carbonyl (C=O) groups excluding carboxylic acids is 2. The van der Waals surface area contributed by atoms with E-state index in [1.807, 2.05) is 17.9 Å². The molecule has 178 valence electrons. The van der Waals surface area contributed by atoms with Gasteiger partial charge < -0.3 is 14.6 Å². The molecule has 0 bridgehead atoms. The van der Waals surface area contributed by atoms with E-state index in [9.17, 15) is 9.59 Å². The van der Waals surface area contributed by atoms with Gasteiger partial charge in [0.1, 0.15) is 12.3 Å². The smallest absolute Gasteiger partial charge is 0.242 e. The highest BCUT2D eigenvalue weighted by atomic mass is 16.3. The molecule has 1 aromatic heterocycles. The Morgan fingerprint density at radius 1 is 1.06 bits per heavy atom. The Labute approximate surface area is 197 Å². The minimum Gasteiger partial charge on any atom is -0.444 e. The first-order valence-corrected chi connectivity index (χ1v) is 12.6. The van der Waals surface area contributed by atoms with Gasteiger partial charge in [-0.25, -0.2) is 4.98 Å². The molecule has 2 saturated carbocycles. The molecule has 1 heterocycles. The van der Waals surface area contributed by atoms with Crippen molar-refractivity contribution in [1.82, 2.24) is 15.2 Å². The summed E-state index contributed by atoms with van der Waals surface area (Å²) < 4.78 is 5.71. The number of oxazole rings is 1. The minimum atomic E-state index is -0.479. The van der Waals surface area contributed by atoms with Crippen molar-refractivity contribution < 1.29 is 14.0 Å². The Morgan fingerprint density at radius 3 is 2.45 bits per heavy atom. The third-order valence-electron chi connectivity index (χ3n) is 7.39. The van der Waals surface area contributed by atoms with Crippen LogP contribution in [0.3, 0.4) is 0 Å². The van der Waals surface area contributed by atoms with Gasteiger partial charge in [0.25, 0.3) is 0 Å². The Bertz CT molecular complexity index is 971. The third kappa shape index (κ3) is 5.66. The largest absolute Gasteiger partial charge is 0.444 e. The number of hydrogen-bond acceptors (Lipinski definition) is 4. The van der Waals surface area contributed by atoms with Gasteiger partial charge in [-0.1, -0.05) is 38.2 Å². The first-order chi connectivity index (χ1) is 15.9. The zero-order chi connectivity index (χ0) is 23.4. The molecular weight excluding hydrogens is 414 g/mol. The van der Waals surface area contributed by atoms with Gasteiger partial charge >= 0.3 is 0 Å². The molecule has 4 rings (SSSR count). The highest BCUT2D eigenvalue weighted by Gasteiger charge is 2.34. The standard InChI is InChI=1S/C27H37N3O3/c1-18-13-14-21(15-19(18)2)27-29-23(17-33-27)16-25(31)30(24-11-5-4-6-12-24)20(3)26(32)28-22-9-7-8-10-22/h13-15,17,20,22,24H,4-12,16H2,1-3H3,(H,28,32). The first kappa shape index (κ1) is 23.5. The molecule has 2 aliphatic carbocycles. The molecule has 6 heteroatoms. The van der Waals surface area contributed by atoms with Gasteiger partial charge in [0.05, 0.1) is 12.1 Å². The van der Waals surface area contributed by atoms with Gasteiger partial charge in [0, 0.05) is 17.6 Å². The van der Waals surface area contributed by atoms with E-state index in [2.05, 4.69) is 36.3 Å². The Kier molecular flexibility index (Phi) is 7.51. The van der Waals surface area contributed by atoms with Crippen LogP contribution < -0.4 is 5.32 Å². The van der Waals surface area contributed by atoms with E-state index >= 15 is 0 Å². The van der Waals surface area contributed by atoms with Gasteiger partial charge in [0.15, 0.2) is 0 Å². The zero-order valence-electron chi connectivity index (χ0n) is 20.2. The molecular formula is C27H37N3O3. The second-order valence-corrected chi connectivity index (χ2v) is 9.88. The maximum absolute atomic E-state index is 13.5. The molecule has 0 spiro atoms. The number of nitrogens with zero attached hydrogens (tertiary/aromatic N) is 2. The van der Waals surface area contributed by atoms with E-state index in [0.29, 0.717) is 11.6 Å². The monoisotopic (exact) mass is 451 g/mol. The van der Waals surface area contributed by atoms with Gasteiger partial charge in [-0.3, -0.25) is 9.59 Å². The molecule has 0 aliphatic heterocycles. The summed E-state index contributed by atoms with van der Waals surface area (Å²) in [6.45, 7) is 6.01. The number of carbonyl (C=O) groups is 2. The summed E-state index contributed by atoms with van der Waals surface area (Å²) in [5, 5.41) is 3.19. The SMILES string of the molecule is Cc1ccc(-c2nc(CC(=O)N(C3CCCCC3)C(C)C(=O)NC3CCCC3)co2)cc1C. The van der Waals surface area contributed by atoms with Crippen LogP contribution in [-0.4, -0.2) is 39.8 Å². The topological polar surface area (TPSA) is 75.4 Å². The highest BCUT2D eigenvalue weighted by Crippen LogP contribution is 2.27. The molecule has 0 radical (unpaired) electrons. The fourth-order valence-corrected chi connectivity index (χ4v) is 5.25. The summed E-state index contributed by atoms with van der Waals surface area (Å²) in [5.74, 6) is 0.449. The van der Waals surface area contributed by atoms with E-state index in [0.717, 1.165) is 44.1 Å². The van der Waals surface area contributed by atoms with Crippen LogP contribution in [0.2, 0.25) is 0 Å². The van der Waals surface area contributed by atoms with E-state index < -0.39 is 6.04 Å². The first-order valence-electron chi connectivity index (χ1n) is 12.6. The molecule has 1 unspecified atom stereocenters. The Morgan fingerprint density at radius 2 is 1.76 bits per heavy atom. The molecule has 1 aromatic carbocycles. The highest BCUT2D eigenvalue weighted by molar-refractivity contribution is 5.88. The van der Waals surface area contributed by atoms with Crippen molar-refractivity contribution in [3.63, 3.8) is 0 Å². The number of amides is 2. The van der Waals surface area contributed by atoms with Crippen LogP contribution in [-0.2, 0) is 16.0 Å². The lowest BCUT2D eigenvalue weighted by molar-refractivity contribution is -0.143. The van der Waals surface area contributed by atoms with Crippen LogP contribution in [0.25, 0.3) is 11.5 Å². The van der Waals surface area contributed by atoms with Crippen molar-refractivity contribution in [2.75, 3.05) is 0 Å². The Hall–Kier alpha value is -2.63. The van der Waals surface area contributed by atoms with Crippen LogP contribution >= 0.6 is 0 Å². The Balaban J connectivity index is 1.48. The van der Waals surface area contributed by atoms with E-state index in [-0.39, 0.29) is 30.3 Å². The predicted octanol–water partition coefficient (Wildman–Crippen LogP) is 5.11. The van der Waals surface area contributed by atoms with Crippen LogP contribution in [0.15, 0.2) is 28.9 Å². The predicted molar refractivity (Wildman–Crippen MR) is 129 cm³/mol. The van der Waals surface area contributed by atoms with Crippen molar-refractivity contribution >= 4 is 11.8 Å². The fourth-order valence-electron chi connectivity index (χ4n) is 5.25. The lowest BCUT2D eigenvalue weighted by Gasteiger charge is -2.38. The minimum absolute atomic E-state index is 0.0307. The summed E-state index contributed by atoms with van der Waals surface area (Å²) in [7, 11) is 0. The molecule has 2 aromatic rings. The summed E-state index contributed by atoms with van der Waals surface area (Å²) in [6.07, 6.45) is 11.4. The molecule has 6 nitrogen and oxygen atoms in total. The van der Waals surface area contributed by atoms with Gasteiger partial charge in [-0.05, 0) is 69.7 Å². The molecule has 1 atom stereocenters. The molecule has 2 fully saturated rings. The lowest BCUT2D eigenvalue weighted by atomic mass is 9.92. The van der Waals surface area contributed by atoms with Gasteiger partial charge in [0.2, 0.25) is 17.7 Å².